The zero-order valence-electron chi connectivity index (χ0n) is 5.86. The predicted octanol–water partition coefficient (Wildman–Crippen LogP) is -0.495. The van der Waals surface area contributed by atoms with Gasteiger partial charge in [-0.25, -0.2) is 9.69 Å². The van der Waals surface area contributed by atoms with Gasteiger partial charge in [-0.05, 0) is 6.42 Å². The number of nitrogens with zero attached hydrogens (tertiary/aromatic N) is 1. The van der Waals surface area contributed by atoms with Gasteiger partial charge in [-0.3, -0.25) is 4.79 Å². The molecule has 5 heteroatoms. The Hall–Kier alpha value is -1.10. The lowest BCUT2D eigenvalue weighted by Gasteiger charge is -2.08. The van der Waals surface area contributed by atoms with Gasteiger partial charge in [-0.2, -0.15) is 0 Å². The van der Waals surface area contributed by atoms with E-state index in [9.17, 15) is 9.59 Å². The summed E-state index contributed by atoms with van der Waals surface area (Å²) < 4.78 is 0. The molecule has 1 aliphatic heterocycles. The van der Waals surface area contributed by atoms with E-state index in [4.69, 9.17) is 10.2 Å². The lowest BCUT2D eigenvalue weighted by molar-refractivity contribution is -0.130. The molecule has 2 amide bonds. The Morgan fingerprint density at radius 2 is 2.36 bits per heavy atom. The van der Waals surface area contributed by atoms with Gasteiger partial charge in [0.05, 0.1) is 12.5 Å². The lowest BCUT2D eigenvalue weighted by Crippen LogP contribution is -2.32. The highest BCUT2D eigenvalue weighted by molar-refractivity contribution is 5.94. The van der Waals surface area contributed by atoms with Gasteiger partial charge < -0.3 is 10.2 Å². The largest absolute Gasteiger partial charge is 0.465 e. The first-order valence-electron chi connectivity index (χ1n) is 3.32. The molecule has 0 radical (unpaired) electrons. The van der Waals surface area contributed by atoms with Crippen molar-refractivity contribution < 1.29 is 19.8 Å². The van der Waals surface area contributed by atoms with Crippen molar-refractivity contribution in [1.29, 1.82) is 0 Å². The zero-order chi connectivity index (χ0) is 8.43. The predicted molar refractivity (Wildman–Crippen MR) is 34.9 cm³/mol. The monoisotopic (exact) mass is 159 g/mol. The lowest BCUT2D eigenvalue weighted by atomic mass is 10.1. The van der Waals surface area contributed by atoms with Gasteiger partial charge in [0.2, 0.25) is 5.91 Å². The molecule has 5 nitrogen and oxygen atoms in total. The maximum Gasteiger partial charge on any atom is 0.414 e. The SMILES string of the molecule is O=C(O)N1CCC(CO)C1=O. The Kier molecular flexibility index (Phi) is 2.09. The first-order valence-corrected chi connectivity index (χ1v) is 3.32. The maximum atomic E-state index is 11.0. The van der Waals surface area contributed by atoms with E-state index in [1.54, 1.807) is 0 Å². The van der Waals surface area contributed by atoms with Crippen molar-refractivity contribution in [3.05, 3.63) is 0 Å². The smallest absolute Gasteiger partial charge is 0.414 e. The maximum absolute atomic E-state index is 11.0. The molecule has 1 atom stereocenters. The van der Waals surface area contributed by atoms with Crippen molar-refractivity contribution in [2.75, 3.05) is 13.2 Å². The first kappa shape index (κ1) is 8.00. The summed E-state index contributed by atoms with van der Waals surface area (Å²) in [6, 6.07) is 0. The van der Waals surface area contributed by atoms with Gasteiger partial charge in [0.1, 0.15) is 0 Å². The van der Waals surface area contributed by atoms with Gasteiger partial charge in [0, 0.05) is 6.54 Å². The Morgan fingerprint density at radius 1 is 1.73 bits per heavy atom. The third-order valence-electron chi connectivity index (χ3n) is 1.77. The van der Waals surface area contributed by atoms with E-state index in [1.165, 1.54) is 0 Å². The summed E-state index contributed by atoms with van der Waals surface area (Å²) >= 11 is 0. The molecular formula is C6H9NO4. The molecule has 1 saturated heterocycles. The van der Waals surface area contributed by atoms with E-state index in [2.05, 4.69) is 0 Å². The molecular weight excluding hydrogens is 150 g/mol. The van der Waals surface area contributed by atoms with E-state index < -0.39 is 17.9 Å². The fourth-order valence-electron chi connectivity index (χ4n) is 1.10. The van der Waals surface area contributed by atoms with Crippen LogP contribution in [0.25, 0.3) is 0 Å². The first-order chi connectivity index (χ1) is 5.16. The van der Waals surface area contributed by atoms with E-state index in [0.29, 0.717) is 6.42 Å². The van der Waals surface area contributed by atoms with Crippen LogP contribution in [0.1, 0.15) is 6.42 Å². The van der Waals surface area contributed by atoms with E-state index in [-0.39, 0.29) is 13.2 Å². The molecule has 0 aromatic rings. The second-order valence-electron chi connectivity index (χ2n) is 2.44. The van der Waals surface area contributed by atoms with Crippen LogP contribution in [-0.2, 0) is 4.79 Å². The number of rotatable bonds is 1. The number of aliphatic hydroxyl groups is 1. The summed E-state index contributed by atoms with van der Waals surface area (Å²) in [7, 11) is 0. The van der Waals surface area contributed by atoms with Gasteiger partial charge >= 0.3 is 6.09 Å². The minimum absolute atomic E-state index is 0.208. The van der Waals surface area contributed by atoms with Crippen molar-refractivity contribution in [3.63, 3.8) is 0 Å². The average Bonchev–Trinajstić information content (AvgIpc) is 2.30. The summed E-state index contributed by atoms with van der Waals surface area (Å²) in [5, 5.41) is 17.0. The number of carbonyl (C=O) groups is 2. The number of hydrogen-bond donors (Lipinski definition) is 2. The fourth-order valence-corrected chi connectivity index (χ4v) is 1.10. The molecule has 1 unspecified atom stereocenters. The second kappa shape index (κ2) is 2.87. The Labute approximate surface area is 63.2 Å². The summed E-state index contributed by atoms with van der Waals surface area (Å²) in [4.78, 5) is 22.0. The van der Waals surface area contributed by atoms with Crippen LogP contribution in [0.4, 0.5) is 4.79 Å². The van der Waals surface area contributed by atoms with E-state index >= 15 is 0 Å². The number of likely N-dealkylation sites (tertiary alicyclic amines) is 1. The third kappa shape index (κ3) is 1.32. The number of carboxylic acid groups (broad SMARTS) is 1. The molecule has 0 aliphatic carbocycles. The summed E-state index contributed by atoms with van der Waals surface area (Å²) in [6.45, 7) is -0.0536. The van der Waals surface area contributed by atoms with Crippen LogP contribution >= 0.6 is 0 Å². The van der Waals surface area contributed by atoms with E-state index in [0.717, 1.165) is 4.90 Å². The van der Waals surface area contributed by atoms with Crippen LogP contribution in [0.5, 0.6) is 0 Å². The van der Waals surface area contributed by atoms with Crippen molar-refractivity contribution >= 4 is 12.0 Å². The van der Waals surface area contributed by atoms with Crippen molar-refractivity contribution in [2.45, 2.75) is 6.42 Å². The summed E-state index contributed by atoms with van der Waals surface area (Å²) in [5.41, 5.74) is 0. The minimum atomic E-state index is -1.23. The highest BCUT2D eigenvalue weighted by Gasteiger charge is 2.34. The molecule has 1 aliphatic rings. The molecule has 1 rings (SSSR count). The number of carbonyl (C=O) groups excluding carboxylic acids is 1. The number of imide groups is 1. The van der Waals surface area contributed by atoms with Crippen LogP contribution in [0.15, 0.2) is 0 Å². The van der Waals surface area contributed by atoms with Gasteiger partial charge in [-0.15, -0.1) is 0 Å². The number of amides is 2. The van der Waals surface area contributed by atoms with E-state index in [1.807, 2.05) is 0 Å². The van der Waals surface area contributed by atoms with Crippen molar-refractivity contribution in [3.8, 4) is 0 Å². The molecule has 0 aromatic heterocycles. The molecule has 62 valence electrons. The van der Waals surface area contributed by atoms with Crippen molar-refractivity contribution in [1.82, 2.24) is 4.90 Å². The van der Waals surface area contributed by atoms with Gasteiger partial charge in [-0.1, -0.05) is 0 Å². The molecule has 1 fully saturated rings. The normalized spacial score (nSPS) is 24.3. The number of aliphatic hydroxyl groups excluding tert-OH is 1. The fraction of sp³-hybridized carbons (Fsp3) is 0.667. The zero-order valence-corrected chi connectivity index (χ0v) is 5.86. The van der Waals surface area contributed by atoms with Crippen molar-refractivity contribution in [2.24, 2.45) is 5.92 Å². The molecule has 2 N–H and O–H groups in total. The Morgan fingerprint density at radius 3 is 2.64 bits per heavy atom. The average molecular weight is 159 g/mol. The second-order valence-corrected chi connectivity index (χ2v) is 2.44. The van der Waals surface area contributed by atoms with Gasteiger partial charge in [0.15, 0.2) is 0 Å². The topological polar surface area (TPSA) is 77.8 Å². The molecule has 0 bridgehead atoms. The van der Waals surface area contributed by atoms with Gasteiger partial charge in [0.25, 0.3) is 0 Å². The summed E-state index contributed by atoms with van der Waals surface area (Å²) in [6.07, 6.45) is -0.798. The molecule has 11 heavy (non-hydrogen) atoms. The highest BCUT2D eigenvalue weighted by atomic mass is 16.4. The minimum Gasteiger partial charge on any atom is -0.465 e. The molecule has 1 heterocycles. The Bertz CT molecular complexity index is 191. The van der Waals surface area contributed by atoms with Crippen LogP contribution in [0, 0.1) is 5.92 Å². The van der Waals surface area contributed by atoms with Crippen LogP contribution < -0.4 is 0 Å². The van der Waals surface area contributed by atoms with Crippen LogP contribution in [0.3, 0.4) is 0 Å². The molecule has 0 saturated carbocycles. The summed E-state index contributed by atoms with van der Waals surface area (Å²) in [5.74, 6) is -0.994. The highest BCUT2D eigenvalue weighted by Crippen LogP contribution is 2.16. The third-order valence-corrected chi connectivity index (χ3v) is 1.77. The molecule has 0 spiro atoms. The standard InChI is InChI=1S/C6H9NO4/c8-3-4-1-2-7(5(4)9)6(10)11/h4,8H,1-3H2,(H,10,11). The quantitative estimate of drug-likeness (QED) is 0.541. The van der Waals surface area contributed by atoms with Crippen LogP contribution in [0.2, 0.25) is 0 Å². The Balaban J connectivity index is 2.63. The number of hydrogen-bond acceptors (Lipinski definition) is 3. The van der Waals surface area contributed by atoms with Crippen LogP contribution in [-0.4, -0.2) is 40.3 Å². The molecule has 0 aromatic carbocycles.